The summed E-state index contributed by atoms with van der Waals surface area (Å²) < 4.78 is 96.1. The van der Waals surface area contributed by atoms with Crippen LogP contribution in [0.3, 0.4) is 0 Å². The van der Waals surface area contributed by atoms with E-state index in [1.165, 1.54) is 44.9 Å². The van der Waals surface area contributed by atoms with Gasteiger partial charge in [-0.15, -0.1) is 0 Å². The summed E-state index contributed by atoms with van der Waals surface area (Å²) in [5.41, 5.74) is 8.19. The number of hydrogen-bond donors (Lipinski definition) is 9. The van der Waals surface area contributed by atoms with Crippen LogP contribution in [0.1, 0.15) is 136 Å². The van der Waals surface area contributed by atoms with Gasteiger partial charge >= 0.3 is 17.9 Å². The van der Waals surface area contributed by atoms with E-state index in [0.29, 0.717) is 121 Å². The first-order valence-corrected chi connectivity index (χ1v) is 42.8. The number of hydrogen-bond acceptors (Lipinski definition) is 24. The summed E-state index contributed by atoms with van der Waals surface area (Å²) >= 11 is 24.4. The van der Waals surface area contributed by atoms with Gasteiger partial charge in [-0.25, -0.2) is 89.8 Å². The SMILES string of the molecule is COC(=O)[C@]1(C)CCCC(Nc2nc(-c3c[nH]c4ncc(Cl)cc34)ncc2F)C1.COC(=O)[C@]1(C)CCCC(Nc2nc(-c3cn(S(=O)(=O)c4ccc(C)cc4)c4ncc(Cl)cc34)ncc2F)C1.C[C@@]1(C(=O)O)CCCC(Nc2nc(-c3c[nH]c4ncc(Cl)cc34)ncc2F)C1.C[C@@]1(C(N)=O)CCCC(Nc2nc(-c3c[nH]c4ncc(Cl)cc34)ncc2F)C1.[CH3-].[Pd]. The summed E-state index contributed by atoms with van der Waals surface area (Å²) in [7, 11) is -1.27. The first kappa shape index (κ1) is 94.0. The van der Waals surface area contributed by atoms with E-state index < -0.39 is 60.9 Å². The molecule has 0 radical (unpaired) electrons. The summed E-state index contributed by atoms with van der Waals surface area (Å²) in [5.74, 6) is -2.67. The van der Waals surface area contributed by atoms with Crippen LogP contribution >= 0.6 is 46.4 Å². The van der Waals surface area contributed by atoms with E-state index in [4.69, 9.17) is 61.6 Å². The van der Waals surface area contributed by atoms with Crippen molar-refractivity contribution in [2.24, 2.45) is 27.4 Å². The zero-order chi connectivity index (χ0) is 88.3. The van der Waals surface area contributed by atoms with Crippen LogP contribution in [0.15, 0.2) is 128 Å². The fraction of sp³-hybridized carbons (Fsp3) is 0.360. The number of H-pyrrole nitrogens is 3. The number of esters is 2. The number of fused-ring (bicyclic) bond motifs is 4. The number of nitrogens with one attached hydrogen (secondary N) is 7. The standard InChI is InChI=1S/C27H27ClFN5O4S.C20H21ClFN5O2.C19H20ClFN6O.C19H19ClFN5O2.CH3.Pd/c1-16-6-8-19(9-7-16)39(36,37)34-15-21(20-11-17(28)13-31-25(20)34)23-30-14-22(29)24(33-23)32-18-5-4-10-27(2,12-18)26(35)38-3;1-20(19(28)29-2)5-3-4-12(7-20)26-18-15(22)10-25-17(27-18)14-9-24-16-13(14)6-11(21)8-23-16;1-19(18(22)28)4-2-3-11(6-19)26-17-14(21)9-25-16(27-17)13-8-24-15-12(13)5-10(20)7-23-15;1-19(18(27)28)4-2-3-11(6-19)25-17-14(21)9-24-16(26-17)13-8-23-15-12(13)5-10(20)7-22-15;;/h6-9,11,13-15,18H,4-5,10,12H2,1-3H3,(H,30,32,33);6,8-10,12H,3-5,7H2,1-2H3,(H,23,24)(H,25,26,27);5,7-9,11H,2-4,6H2,1H3,(H2,22,28)(H,23,24)(H,25,26,27);5,7-9,11H,2-4,6H2,1H3,(H,22,23)(H,27,28)(H,24,25,26);1H3;/q;;;;-1;/t18?,27-;12?,20-;2*11?,19-;;/m1111../s1. The van der Waals surface area contributed by atoms with Crippen LogP contribution < -0.4 is 27.0 Å². The molecule has 12 heterocycles. The van der Waals surface area contributed by atoms with E-state index in [1.807, 2.05) is 27.7 Å². The second-order valence-corrected chi connectivity index (χ2v) is 36.2. The largest absolute Gasteiger partial charge is 0.481 e. The third-order valence-electron chi connectivity index (χ3n) is 23.3. The van der Waals surface area contributed by atoms with E-state index in [9.17, 15) is 50.3 Å². The molecule has 4 aliphatic carbocycles. The zero-order valence-electron chi connectivity index (χ0n) is 69.5. The molecule has 126 heavy (non-hydrogen) atoms. The number of carbonyl (C=O) groups is 4. The van der Waals surface area contributed by atoms with E-state index in [1.54, 1.807) is 74.3 Å². The molecule has 40 heteroatoms. The smallest absolute Gasteiger partial charge is 0.311 e. The van der Waals surface area contributed by atoms with Crippen LogP contribution in [-0.4, -0.2) is 154 Å². The molecule has 30 nitrogen and oxygen atoms in total. The van der Waals surface area contributed by atoms with Crippen LogP contribution in [0.4, 0.5) is 40.8 Å². The number of benzene rings is 1. The van der Waals surface area contributed by atoms with Crippen molar-refractivity contribution in [3.05, 3.63) is 179 Å². The Morgan fingerprint density at radius 3 is 1.13 bits per heavy atom. The fourth-order valence-electron chi connectivity index (χ4n) is 16.6. The maximum atomic E-state index is 14.9. The number of halogens is 8. The summed E-state index contributed by atoms with van der Waals surface area (Å²) in [6, 6.07) is 12.7. The minimum absolute atomic E-state index is 0. The molecule has 1 aromatic carbocycles. The van der Waals surface area contributed by atoms with Gasteiger partial charge in [0.2, 0.25) is 5.91 Å². The van der Waals surface area contributed by atoms with Crippen LogP contribution in [0.25, 0.3) is 89.7 Å². The van der Waals surface area contributed by atoms with Crippen molar-refractivity contribution in [2.45, 2.75) is 166 Å². The van der Waals surface area contributed by atoms with E-state index in [2.05, 4.69) is 96.0 Å². The number of aromatic amines is 3. The molecule has 4 saturated carbocycles. The van der Waals surface area contributed by atoms with Crippen LogP contribution in [0.5, 0.6) is 0 Å². The van der Waals surface area contributed by atoms with Crippen molar-refractivity contribution < 1.29 is 80.2 Å². The Hall–Kier alpha value is -11.1. The molecule has 4 fully saturated rings. The molecular formula is C86H90Cl4F4N21O9PdS-. The number of pyridine rings is 4. The average Bonchev–Trinajstić information content (AvgIpc) is 1.59. The maximum Gasteiger partial charge on any atom is 0.311 e. The van der Waals surface area contributed by atoms with Crippen molar-refractivity contribution in [3.8, 4) is 45.6 Å². The van der Waals surface area contributed by atoms with Gasteiger partial charge in [-0.1, -0.05) is 96.7 Å². The molecule has 0 aliphatic heterocycles. The number of carboxylic acid groups (broad SMARTS) is 1. The number of aryl methyl sites for hydroxylation is 1. The summed E-state index contributed by atoms with van der Waals surface area (Å²) in [4.78, 5) is 108. The molecule has 1 amide bonds. The Morgan fingerprint density at radius 1 is 0.476 bits per heavy atom. The Balaban J connectivity index is 0.000000154. The van der Waals surface area contributed by atoms with Crippen molar-refractivity contribution in [3.63, 3.8) is 0 Å². The Kier molecular flexibility index (Phi) is 29.1. The average molecular weight is 1920 g/mol. The zero-order valence-corrected chi connectivity index (χ0v) is 74.9. The topological polar surface area (TPSA) is 422 Å². The van der Waals surface area contributed by atoms with E-state index in [-0.39, 0.29) is 110 Å². The minimum atomic E-state index is -4.02. The first-order chi connectivity index (χ1) is 59.1. The number of ether oxygens (including phenoxy) is 2. The van der Waals surface area contributed by atoms with Gasteiger partial charge in [-0.05, 0) is 141 Å². The minimum Gasteiger partial charge on any atom is -0.481 e. The predicted octanol–water partition coefficient (Wildman–Crippen LogP) is 18.1. The molecule has 10 N–H and O–H groups in total. The molecule has 4 aliphatic rings. The number of anilines is 4. The Morgan fingerprint density at radius 2 is 0.786 bits per heavy atom. The van der Waals surface area contributed by atoms with Crippen molar-refractivity contribution in [1.29, 1.82) is 0 Å². The summed E-state index contributed by atoms with van der Waals surface area (Å²) in [6.07, 6.45) is 27.9. The van der Waals surface area contributed by atoms with Crippen LogP contribution in [-0.2, 0) is 59.1 Å². The number of nitrogens with zero attached hydrogens (tertiary/aromatic N) is 13. The molecule has 4 unspecified atom stereocenters. The number of carboxylic acids is 1. The Bertz CT molecular complexity index is 6190. The molecule has 666 valence electrons. The van der Waals surface area contributed by atoms with Gasteiger partial charge in [0.05, 0.1) is 80.2 Å². The van der Waals surface area contributed by atoms with Gasteiger partial charge < -0.3 is 64.0 Å². The van der Waals surface area contributed by atoms with Crippen LogP contribution in [0, 0.1) is 59.3 Å². The second kappa shape index (κ2) is 39.0. The summed E-state index contributed by atoms with van der Waals surface area (Å²) in [5, 5.41) is 26.4. The Labute approximate surface area is 755 Å². The quantitative estimate of drug-likeness (QED) is 0.0167. The number of aliphatic carboxylic acids is 1. The van der Waals surface area contributed by atoms with Gasteiger partial charge in [0.15, 0.2) is 75.5 Å². The van der Waals surface area contributed by atoms with Crippen LogP contribution in [0.2, 0.25) is 20.1 Å². The molecule has 12 aromatic heterocycles. The first-order valence-electron chi connectivity index (χ1n) is 39.9. The number of methoxy groups -OCH3 is 2. The van der Waals surface area contributed by atoms with Gasteiger partial charge in [-0.2, -0.15) is 0 Å². The number of rotatable bonds is 18. The van der Waals surface area contributed by atoms with Gasteiger partial charge in [0, 0.05) is 143 Å². The fourth-order valence-corrected chi connectivity index (χ4v) is 18.6. The van der Waals surface area contributed by atoms with E-state index >= 15 is 0 Å². The normalized spacial score (nSPS) is 21.0. The molecular weight excluding hydrogens is 1830 g/mol. The van der Waals surface area contributed by atoms with Crippen molar-refractivity contribution in [2.75, 3.05) is 35.5 Å². The maximum absolute atomic E-state index is 14.9. The third kappa shape index (κ3) is 20.6. The van der Waals surface area contributed by atoms with Gasteiger partial charge in [-0.3, -0.25) is 19.2 Å². The number of amides is 1. The molecule has 0 bridgehead atoms. The molecule has 8 atom stereocenters. The number of aromatic nitrogens is 16. The van der Waals surface area contributed by atoms with Crippen molar-refractivity contribution >= 4 is 148 Å². The third-order valence-corrected chi connectivity index (χ3v) is 25.8. The molecule has 0 saturated heterocycles. The second-order valence-electron chi connectivity index (χ2n) is 32.6. The number of carbonyl (C=O) groups excluding carboxylic acids is 3. The van der Waals surface area contributed by atoms with Gasteiger partial charge in [0.25, 0.3) is 10.0 Å². The van der Waals surface area contributed by atoms with Crippen molar-refractivity contribution in [1.82, 2.24) is 78.7 Å². The number of nitrogens with two attached hydrogens (primary N) is 1. The number of primary amides is 1. The molecule has 17 rings (SSSR count). The van der Waals surface area contributed by atoms with Gasteiger partial charge in [0.1, 0.15) is 16.9 Å². The summed E-state index contributed by atoms with van der Waals surface area (Å²) in [6.45, 7) is 9.18. The molecule has 13 aromatic rings. The molecule has 0 spiro atoms. The predicted molar refractivity (Wildman–Crippen MR) is 469 cm³/mol. The van der Waals surface area contributed by atoms with E-state index in [0.717, 1.165) is 115 Å². The monoisotopic (exact) mass is 1910 g/mol.